The van der Waals surface area contributed by atoms with E-state index in [0.717, 1.165) is 32.5 Å². The van der Waals surface area contributed by atoms with E-state index in [1.54, 1.807) is 0 Å². The minimum atomic E-state index is -0.0979. The normalized spacial score (nSPS) is 22.7. The van der Waals surface area contributed by atoms with Crippen molar-refractivity contribution < 1.29 is 4.79 Å². The van der Waals surface area contributed by atoms with Gasteiger partial charge in [0.2, 0.25) is 5.91 Å². The summed E-state index contributed by atoms with van der Waals surface area (Å²) in [6.07, 6.45) is 7.93. The Morgan fingerprint density at radius 1 is 1.40 bits per heavy atom. The fraction of sp³-hybridized carbons (Fsp3) is 0.909. The lowest BCUT2D eigenvalue weighted by Crippen LogP contribution is -2.32. The monoisotopic (exact) mass is 228 g/mol. The summed E-state index contributed by atoms with van der Waals surface area (Å²) < 4.78 is 0. The van der Waals surface area contributed by atoms with Crippen LogP contribution < -0.4 is 5.32 Å². The summed E-state index contributed by atoms with van der Waals surface area (Å²) >= 11 is 1.90. The summed E-state index contributed by atoms with van der Waals surface area (Å²) in [6, 6.07) is 0. The first-order valence-corrected chi connectivity index (χ1v) is 7.21. The molecule has 15 heavy (non-hydrogen) atoms. The summed E-state index contributed by atoms with van der Waals surface area (Å²) in [5, 5.41) is 3.33. The first-order chi connectivity index (χ1) is 7.28. The van der Waals surface area contributed by atoms with Gasteiger partial charge in [-0.05, 0) is 37.7 Å². The summed E-state index contributed by atoms with van der Waals surface area (Å²) in [5.41, 5.74) is -0.0979. The Kier molecular flexibility index (Phi) is 3.57. The second-order valence-corrected chi connectivity index (χ2v) is 5.52. The molecule has 0 aromatic heterocycles. The van der Waals surface area contributed by atoms with Crippen molar-refractivity contribution in [1.29, 1.82) is 0 Å². The van der Waals surface area contributed by atoms with Crippen molar-refractivity contribution in [3.8, 4) is 0 Å². The molecule has 86 valence electrons. The molecule has 1 saturated carbocycles. The molecule has 1 amide bonds. The lowest BCUT2D eigenvalue weighted by Gasteiger charge is -2.14. The maximum absolute atomic E-state index is 11.9. The van der Waals surface area contributed by atoms with E-state index in [1.165, 1.54) is 18.6 Å². The molecule has 0 bridgehead atoms. The Balaban J connectivity index is 1.62. The Bertz CT molecular complexity index is 241. The average molecular weight is 228 g/mol. The van der Waals surface area contributed by atoms with Gasteiger partial charge in [0.05, 0.1) is 12.2 Å². The molecule has 3 nitrogen and oxygen atoms in total. The molecule has 1 spiro atoms. The lowest BCUT2D eigenvalue weighted by atomic mass is 10.2. The highest BCUT2D eigenvalue weighted by Gasteiger charge is 2.55. The first-order valence-electron chi connectivity index (χ1n) is 5.82. The standard InChI is InChI=1S/C11H20N2OS/c1-15-8-4-2-3-7-13-9-12-11(5-6-11)10(13)14/h12H,2-9H2,1H3. The Labute approximate surface area is 96.0 Å². The zero-order valence-electron chi connectivity index (χ0n) is 9.42. The van der Waals surface area contributed by atoms with E-state index in [2.05, 4.69) is 11.6 Å². The SMILES string of the molecule is CSCCCCCN1CNC2(CC2)C1=O. The van der Waals surface area contributed by atoms with Gasteiger partial charge in [-0.25, -0.2) is 0 Å². The predicted molar refractivity (Wildman–Crippen MR) is 63.9 cm³/mol. The van der Waals surface area contributed by atoms with E-state index in [1.807, 2.05) is 16.7 Å². The van der Waals surface area contributed by atoms with Gasteiger partial charge in [0.25, 0.3) is 0 Å². The van der Waals surface area contributed by atoms with Crippen molar-refractivity contribution in [3.63, 3.8) is 0 Å². The molecule has 2 fully saturated rings. The molecule has 0 aromatic carbocycles. The van der Waals surface area contributed by atoms with Gasteiger partial charge in [0.1, 0.15) is 0 Å². The quantitative estimate of drug-likeness (QED) is 0.698. The fourth-order valence-electron chi connectivity index (χ4n) is 2.12. The number of rotatable bonds is 6. The third-order valence-electron chi connectivity index (χ3n) is 3.33. The van der Waals surface area contributed by atoms with Gasteiger partial charge < -0.3 is 4.90 Å². The fourth-order valence-corrected chi connectivity index (χ4v) is 2.61. The van der Waals surface area contributed by atoms with E-state index in [4.69, 9.17) is 0 Å². The van der Waals surface area contributed by atoms with Crippen molar-refractivity contribution in [3.05, 3.63) is 0 Å². The number of carbonyl (C=O) groups excluding carboxylic acids is 1. The number of thioether (sulfide) groups is 1. The molecule has 1 aliphatic heterocycles. The van der Waals surface area contributed by atoms with E-state index in [0.29, 0.717) is 5.91 Å². The molecule has 2 aliphatic rings. The highest BCUT2D eigenvalue weighted by molar-refractivity contribution is 7.98. The Hall–Kier alpha value is -0.220. The van der Waals surface area contributed by atoms with Crippen LogP contribution >= 0.6 is 11.8 Å². The van der Waals surface area contributed by atoms with Gasteiger partial charge in [0.15, 0.2) is 0 Å². The van der Waals surface area contributed by atoms with Crippen molar-refractivity contribution in [2.75, 3.05) is 25.2 Å². The van der Waals surface area contributed by atoms with Crippen molar-refractivity contribution in [2.24, 2.45) is 0 Å². The average Bonchev–Trinajstić information content (AvgIpc) is 2.96. The zero-order chi connectivity index (χ0) is 10.7. The molecule has 0 unspecified atom stereocenters. The van der Waals surface area contributed by atoms with Crippen LogP contribution in [0.5, 0.6) is 0 Å². The largest absolute Gasteiger partial charge is 0.328 e. The maximum Gasteiger partial charge on any atom is 0.243 e. The van der Waals surface area contributed by atoms with E-state index < -0.39 is 0 Å². The number of carbonyl (C=O) groups is 1. The van der Waals surface area contributed by atoms with Crippen LogP contribution in [0, 0.1) is 0 Å². The number of amides is 1. The molecule has 1 heterocycles. The van der Waals surface area contributed by atoms with Crippen LogP contribution in [0.4, 0.5) is 0 Å². The van der Waals surface area contributed by atoms with Crippen LogP contribution in [-0.4, -0.2) is 41.6 Å². The lowest BCUT2D eigenvalue weighted by molar-refractivity contribution is -0.129. The third kappa shape index (κ3) is 2.48. The van der Waals surface area contributed by atoms with Crippen LogP contribution in [0.2, 0.25) is 0 Å². The molecular formula is C11H20N2OS. The van der Waals surface area contributed by atoms with Crippen molar-refractivity contribution >= 4 is 17.7 Å². The van der Waals surface area contributed by atoms with Crippen LogP contribution in [0.3, 0.4) is 0 Å². The van der Waals surface area contributed by atoms with Gasteiger partial charge in [0, 0.05) is 6.54 Å². The summed E-state index contributed by atoms with van der Waals surface area (Å²) in [4.78, 5) is 13.9. The third-order valence-corrected chi connectivity index (χ3v) is 4.03. The number of hydrogen-bond donors (Lipinski definition) is 1. The Morgan fingerprint density at radius 2 is 2.20 bits per heavy atom. The minimum absolute atomic E-state index is 0.0979. The van der Waals surface area contributed by atoms with Crippen LogP contribution in [0.1, 0.15) is 32.1 Å². The minimum Gasteiger partial charge on any atom is -0.328 e. The first kappa shape index (κ1) is 11.3. The zero-order valence-corrected chi connectivity index (χ0v) is 10.2. The molecule has 1 aliphatic carbocycles. The molecule has 0 radical (unpaired) electrons. The highest BCUT2D eigenvalue weighted by atomic mass is 32.2. The van der Waals surface area contributed by atoms with E-state index in [-0.39, 0.29) is 5.54 Å². The summed E-state index contributed by atoms with van der Waals surface area (Å²) in [7, 11) is 0. The van der Waals surface area contributed by atoms with Gasteiger partial charge in [-0.1, -0.05) is 6.42 Å². The van der Waals surface area contributed by atoms with Crippen LogP contribution in [0.25, 0.3) is 0 Å². The number of nitrogens with one attached hydrogen (secondary N) is 1. The molecule has 1 saturated heterocycles. The second-order valence-electron chi connectivity index (χ2n) is 4.54. The van der Waals surface area contributed by atoms with Crippen LogP contribution in [0.15, 0.2) is 0 Å². The predicted octanol–water partition coefficient (Wildman–Crippen LogP) is 1.44. The maximum atomic E-state index is 11.9. The van der Waals surface area contributed by atoms with Gasteiger partial charge in [-0.2, -0.15) is 11.8 Å². The number of hydrogen-bond acceptors (Lipinski definition) is 3. The molecule has 1 N–H and O–H groups in total. The topological polar surface area (TPSA) is 32.3 Å². The van der Waals surface area contributed by atoms with Crippen molar-refractivity contribution in [2.45, 2.75) is 37.6 Å². The van der Waals surface area contributed by atoms with Gasteiger partial charge >= 0.3 is 0 Å². The van der Waals surface area contributed by atoms with E-state index in [9.17, 15) is 4.79 Å². The van der Waals surface area contributed by atoms with Crippen LogP contribution in [-0.2, 0) is 4.79 Å². The van der Waals surface area contributed by atoms with Gasteiger partial charge in [-0.15, -0.1) is 0 Å². The summed E-state index contributed by atoms with van der Waals surface area (Å²) in [6.45, 7) is 1.73. The van der Waals surface area contributed by atoms with E-state index >= 15 is 0 Å². The second kappa shape index (κ2) is 4.74. The summed E-state index contributed by atoms with van der Waals surface area (Å²) in [5.74, 6) is 1.60. The molecular weight excluding hydrogens is 208 g/mol. The highest BCUT2D eigenvalue weighted by Crippen LogP contribution is 2.40. The molecule has 0 aromatic rings. The molecule has 2 rings (SSSR count). The molecule has 4 heteroatoms. The number of nitrogens with zero attached hydrogens (tertiary/aromatic N) is 1. The smallest absolute Gasteiger partial charge is 0.243 e. The molecule has 0 atom stereocenters. The number of unbranched alkanes of at least 4 members (excludes halogenated alkanes) is 2. The van der Waals surface area contributed by atoms with Crippen molar-refractivity contribution in [1.82, 2.24) is 10.2 Å². The Morgan fingerprint density at radius 3 is 2.80 bits per heavy atom. The van der Waals surface area contributed by atoms with Gasteiger partial charge in [-0.3, -0.25) is 10.1 Å².